The van der Waals surface area contributed by atoms with Gasteiger partial charge < -0.3 is 19.4 Å². The Morgan fingerprint density at radius 3 is 3.11 bits per heavy atom. The number of imidazole rings is 1. The van der Waals surface area contributed by atoms with Crippen molar-refractivity contribution in [3.8, 4) is 11.6 Å². The van der Waals surface area contributed by atoms with Crippen LogP contribution in [0.15, 0.2) is 24.5 Å². The average Bonchev–Trinajstić information content (AvgIpc) is 2.88. The maximum Gasteiger partial charge on any atom is 0.213 e. The topological polar surface area (TPSA) is 61.2 Å². The molecule has 0 saturated carbocycles. The van der Waals surface area contributed by atoms with Crippen molar-refractivity contribution < 1.29 is 9.47 Å². The monoisotopic (exact) mass is 260 g/mol. The molecule has 0 fully saturated rings. The van der Waals surface area contributed by atoms with Crippen LogP contribution >= 0.6 is 0 Å². The van der Waals surface area contributed by atoms with E-state index in [-0.39, 0.29) is 0 Å². The first-order valence-electron chi connectivity index (χ1n) is 6.23. The lowest BCUT2D eigenvalue weighted by atomic mass is 10.4. The van der Waals surface area contributed by atoms with E-state index in [4.69, 9.17) is 9.47 Å². The number of pyridine rings is 1. The molecule has 0 amide bonds. The molecule has 19 heavy (non-hydrogen) atoms. The molecule has 1 aliphatic rings. The number of nitrogens with zero attached hydrogens (tertiary/aromatic N) is 3. The quantitative estimate of drug-likeness (QED) is 0.887. The van der Waals surface area contributed by atoms with Gasteiger partial charge in [-0.2, -0.15) is 0 Å². The number of hydrogen-bond acceptors (Lipinski definition) is 5. The van der Waals surface area contributed by atoms with Gasteiger partial charge in [0.15, 0.2) is 0 Å². The lowest BCUT2D eigenvalue weighted by molar-refractivity contribution is 0.288. The molecule has 0 unspecified atom stereocenters. The molecule has 0 radical (unpaired) electrons. The van der Waals surface area contributed by atoms with Crippen molar-refractivity contribution in [2.24, 2.45) is 0 Å². The predicted octanol–water partition coefficient (Wildman–Crippen LogP) is 0.969. The van der Waals surface area contributed by atoms with Gasteiger partial charge in [0.05, 0.1) is 25.5 Å². The Bertz CT molecular complexity index is 527. The molecule has 0 spiro atoms. The maximum atomic E-state index is 5.61. The Morgan fingerprint density at radius 2 is 2.37 bits per heavy atom. The summed E-state index contributed by atoms with van der Waals surface area (Å²) in [5, 5.41) is 3.29. The molecular formula is C13H16N4O2. The Labute approximate surface area is 111 Å². The van der Waals surface area contributed by atoms with Crippen molar-refractivity contribution in [2.45, 2.75) is 19.7 Å². The summed E-state index contributed by atoms with van der Waals surface area (Å²) in [5.41, 5.74) is 0.927. The highest BCUT2D eigenvalue weighted by Crippen LogP contribution is 2.15. The van der Waals surface area contributed by atoms with Gasteiger partial charge in [-0.1, -0.05) is 0 Å². The van der Waals surface area contributed by atoms with E-state index in [9.17, 15) is 0 Å². The van der Waals surface area contributed by atoms with Crippen LogP contribution in [0.5, 0.6) is 11.6 Å². The molecule has 0 bridgehead atoms. The van der Waals surface area contributed by atoms with Gasteiger partial charge in [0.1, 0.15) is 18.2 Å². The lowest BCUT2D eigenvalue weighted by Gasteiger charge is -2.13. The Kier molecular flexibility index (Phi) is 3.33. The van der Waals surface area contributed by atoms with E-state index in [0.717, 1.165) is 36.9 Å². The van der Waals surface area contributed by atoms with Gasteiger partial charge in [-0.25, -0.2) is 9.97 Å². The highest BCUT2D eigenvalue weighted by atomic mass is 16.5. The van der Waals surface area contributed by atoms with E-state index in [1.165, 1.54) is 0 Å². The molecular weight excluding hydrogens is 244 g/mol. The zero-order chi connectivity index (χ0) is 13.1. The van der Waals surface area contributed by atoms with Crippen molar-refractivity contribution in [3.05, 3.63) is 36.0 Å². The van der Waals surface area contributed by atoms with E-state index in [0.29, 0.717) is 12.5 Å². The van der Waals surface area contributed by atoms with Gasteiger partial charge >= 0.3 is 0 Å². The number of methoxy groups -OCH3 is 1. The fourth-order valence-electron chi connectivity index (χ4n) is 2.04. The highest BCUT2D eigenvalue weighted by molar-refractivity contribution is 5.22. The summed E-state index contributed by atoms with van der Waals surface area (Å²) in [6, 6.07) is 3.61. The second kappa shape index (κ2) is 5.27. The van der Waals surface area contributed by atoms with Crippen LogP contribution in [0.4, 0.5) is 0 Å². The number of aromatic nitrogens is 3. The van der Waals surface area contributed by atoms with Gasteiger partial charge in [-0.3, -0.25) is 0 Å². The standard InChI is InChI=1S/C13H16N4O2/c1-18-11-2-3-13(15-6-11)19-9-10-8-17-5-4-14-7-12(17)16-10/h2-3,6,8,14H,4-5,7,9H2,1H3. The van der Waals surface area contributed by atoms with E-state index < -0.39 is 0 Å². The molecule has 2 aromatic heterocycles. The van der Waals surface area contributed by atoms with Gasteiger partial charge in [0.25, 0.3) is 0 Å². The molecule has 6 heteroatoms. The highest BCUT2D eigenvalue weighted by Gasteiger charge is 2.11. The van der Waals surface area contributed by atoms with Crippen molar-refractivity contribution in [2.75, 3.05) is 13.7 Å². The first-order chi connectivity index (χ1) is 9.35. The first kappa shape index (κ1) is 12.0. The first-order valence-corrected chi connectivity index (χ1v) is 6.23. The van der Waals surface area contributed by atoms with Crippen LogP contribution in [0, 0.1) is 0 Å². The summed E-state index contributed by atoms with van der Waals surface area (Å²) >= 11 is 0. The Morgan fingerprint density at radius 1 is 1.42 bits per heavy atom. The number of rotatable bonds is 4. The van der Waals surface area contributed by atoms with Gasteiger partial charge in [0.2, 0.25) is 5.88 Å². The molecule has 0 atom stereocenters. The van der Waals surface area contributed by atoms with Crippen molar-refractivity contribution in [1.82, 2.24) is 19.9 Å². The largest absolute Gasteiger partial charge is 0.495 e. The molecule has 3 heterocycles. The van der Waals surface area contributed by atoms with Crippen molar-refractivity contribution >= 4 is 0 Å². The Hall–Kier alpha value is -2.08. The minimum absolute atomic E-state index is 0.430. The summed E-state index contributed by atoms with van der Waals surface area (Å²) in [7, 11) is 1.61. The van der Waals surface area contributed by atoms with E-state index in [1.807, 2.05) is 12.3 Å². The van der Waals surface area contributed by atoms with Crippen LogP contribution < -0.4 is 14.8 Å². The van der Waals surface area contributed by atoms with Crippen LogP contribution in [-0.2, 0) is 19.7 Å². The zero-order valence-electron chi connectivity index (χ0n) is 10.8. The third-order valence-electron chi connectivity index (χ3n) is 3.03. The molecule has 0 aromatic carbocycles. The predicted molar refractivity (Wildman–Crippen MR) is 69.1 cm³/mol. The summed E-state index contributed by atoms with van der Waals surface area (Å²) < 4.78 is 12.8. The molecule has 6 nitrogen and oxygen atoms in total. The van der Waals surface area contributed by atoms with Gasteiger partial charge in [-0.05, 0) is 6.07 Å². The molecule has 100 valence electrons. The minimum Gasteiger partial charge on any atom is -0.495 e. The van der Waals surface area contributed by atoms with Crippen LogP contribution in [-0.4, -0.2) is 28.2 Å². The molecule has 2 aromatic rings. The van der Waals surface area contributed by atoms with Crippen molar-refractivity contribution in [1.29, 1.82) is 0 Å². The van der Waals surface area contributed by atoms with Crippen LogP contribution in [0.25, 0.3) is 0 Å². The summed E-state index contributed by atoms with van der Waals surface area (Å²) in [4.78, 5) is 8.67. The molecule has 0 saturated heterocycles. The van der Waals surface area contributed by atoms with Crippen molar-refractivity contribution in [3.63, 3.8) is 0 Å². The normalized spacial score (nSPS) is 13.9. The van der Waals surface area contributed by atoms with Gasteiger partial charge in [-0.15, -0.1) is 0 Å². The van der Waals surface area contributed by atoms with E-state index >= 15 is 0 Å². The number of hydrogen-bond donors (Lipinski definition) is 1. The lowest BCUT2D eigenvalue weighted by Crippen LogP contribution is -2.27. The van der Waals surface area contributed by atoms with Crippen LogP contribution in [0.2, 0.25) is 0 Å². The van der Waals surface area contributed by atoms with Crippen LogP contribution in [0.3, 0.4) is 0 Å². The van der Waals surface area contributed by atoms with Gasteiger partial charge in [0, 0.05) is 25.4 Å². The summed E-state index contributed by atoms with van der Waals surface area (Å²) in [6.45, 7) is 3.20. The second-order valence-corrected chi connectivity index (χ2v) is 4.34. The molecule has 3 rings (SSSR count). The molecule has 1 N–H and O–H groups in total. The van der Waals surface area contributed by atoms with E-state index in [2.05, 4.69) is 19.9 Å². The third-order valence-corrected chi connectivity index (χ3v) is 3.03. The number of ether oxygens (including phenoxy) is 2. The summed E-state index contributed by atoms with van der Waals surface area (Å²) in [5.74, 6) is 2.35. The fraction of sp³-hybridized carbons (Fsp3) is 0.385. The number of nitrogens with one attached hydrogen (secondary N) is 1. The number of fused-ring (bicyclic) bond motifs is 1. The smallest absolute Gasteiger partial charge is 0.213 e. The van der Waals surface area contributed by atoms with Crippen LogP contribution in [0.1, 0.15) is 11.5 Å². The second-order valence-electron chi connectivity index (χ2n) is 4.34. The molecule has 0 aliphatic carbocycles. The third kappa shape index (κ3) is 2.68. The average molecular weight is 260 g/mol. The Balaban J connectivity index is 1.63. The van der Waals surface area contributed by atoms with E-state index in [1.54, 1.807) is 19.4 Å². The fourth-order valence-corrected chi connectivity index (χ4v) is 2.04. The minimum atomic E-state index is 0.430. The SMILES string of the molecule is COc1ccc(OCc2cn3c(n2)CNCC3)nc1. The maximum absolute atomic E-state index is 5.61. The summed E-state index contributed by atoms with van der Waals surface area (Å²) in [6.07, 6.45) is 3.68. The molecule has 1 aliphatic heterocycles. The zero-order valence-corrected chi connectivity index (χ0v) is 10.8.